The van der Waals surface area contributed by atoms with Gasteiger partial charge in [-0.05, 0) is 30.7 Å². The molecule has 1 aromatic rings. The summed E-state index contributed by atoms with van der Waals surface area (Å²) in [5.74, 6) is 0.0360. The first-order valence-electron chi connectivity index (χ1n) is 7.02. The van der Waals surface area contributed by atoms with Gasteiger partial charge in [0.15, 0.2) is 0 Å². The summed E-state index contributed by atoms with van der Waals surface area (Å²) in [4.78, 5) is 13.9. The Morgan fingerprint density at radius 2 is 1.95 bits per heavy atom. The third-order valence-electron chi connectivity index (χ3n) is 2.90. The quantitative estimate of drug-likeness (QED) is 0.669. The average molecular weight is 380 g/mol. The van der Waals surface area contributed by atoms with Crippen molar-refractivity contribution >= 4 is 39.9 Å². The topological polar surface area (TPSA) is 55.6 Å². The predicted octanol–water partition coefficient (Wildman–Crippen LogP) is 3.37. The minimum Gasteiger partial charge on any atom is -0.380 e. The number of amides is 1. The zero-order valence-corrected chi connectivity index (χ0v) is 14.8. The third kappa shape index (κ3) is 7.81. The maximum Gasteiger partial charge on any atom is 0.228 e. The maximum atomic E-state index is 12.1. The molecule has 1 aromatic carbocycles. The molecular weight excluding hydrogens is 356 g/mol. The van der Waals surface area contributed by atoms with Gasteiger partial charge in [-0.1, -0.05) is 29.3 Å². The van der Waals surface area contributed by atoms with Crippen LogP contribution in [0.1, 0.15) is 26.2 Å². The van der Waals surface area contributed by atoms with Crippen LogP contribution in [0.3, 0.4) is 0 Å². The minimum atomic E-state index is 0. The van der Waals surface area contributed by atoms with Crippen LogP contribution in [0.2, 0.25) is 0 Å². The SMILES string of the molecule is CCCCOCCN(C(=O)CCN)c1ccc(Br)cc1.Cl. The van der Waals surface area contributed by atoms with E-state index in [9.17, 15) is 4.79 Å². The zero-order valence-electron chi connectivity index (χ0n) is 12.4. The molecule has 0 aromatic heterocycles. The van der Waals surface area contributed by atoms with Crippen LogP contribution in [0.25, 0.3) is 0 Å². The average Bonchev–Trinajstić information content (AvgIpc) is 2.44. The van der Waals surface area contributed by atoms with Crippen LogP contribution in [0.4, 0.5) is 5.69 Å². The molecular formula is C15H24BrClN2O2. The molecule has 0 fully saturated rings. The van der Waals surface area contributed by atoms with Crippen LogP contribution >= 0.6 is 28.3 Å². The molecule has 0 spiro atoms. The fourth-order valence-corrected chi connectivity index (χ4v) is 2.05. The van der Waals surface area contributed by atoms with E-state index < -0.39 is 0 Å². The maximum absolute atomic E-state index is 12.1. The summed E-state index contributed by atoms with van der Waals surface area (Å²) in [6, 6.07) is 7.70. The first-order valence-corrected chi connectivity index (χ1v) is 7.82. The van der Waals surface area contributed by atoms with Gasteiger partial charge in [0.05, 0.1) is 6.61 Å². The molecule has 1 rings (SSSR count). The highest BCUT2D eigenvalue weighted by molar-refractivity contribution is 9.10. The predicted molar refractivity (Wildman–Crippen MR) is 93.1 cm³/mol. The number of anilines is 1. The molecule has 0 bridgehead atoms. The highest BCUT2D eigenvalue weighted by Crippen LogP contribution is 2.19. The van der Waals surface area contributed by atoms with Crippen molar-refractivity contribution in [2.24, 2.45) is 5.73 Å². The first-order chi connectivity index (χ1) is 9.69. The lowest BCUT2D eigenvalue weighted by Gasteiger charge is -2.23. The number of hydrogen-bond acceptors (Lipinski definition) is 3. The Morgan fingerprint density at radius 1 is 1.29 bits per heavy atom. The summed E-state index contributed by atoms with van der Waals surface area (Å²) >= 11 is 3.40. The van der Waals surface area contributed by atoms with Gasteiger partial charge in [0.1, 0.15) is 0 Å². The van der Waals surface area contributed by atoms with E-state index in [0.29, 0.717) is 26.1 Å². The van der Waals surface area contributed by atoms with E-state index in [-0.39, 0.29) is 18.3 Å². The van der Waals surface area contributed by atoms with Crippen molar-refractivity contribution in [3.63, 3.8) is 0 Å². The lowest BCUT2D eigenvalue weighted by Crippen LogP contribution is -2.35. The number of unbranched alkanes of at least 4 members (excludes halogenated alkanes) is 1. The number of ether oxygens (including phenoxy) is 1. The highest BCUT2D eigenvalue weighted by atomic mass is 79.9. The molecule has 0 unspecified atom stereocenters. The fourth-order valence-electron chi connectivity index (χ4n) is 1.78. The molecule has 0 saturated heterocycles. The van der Waals surface area contributed by atoms with Gasteiger partial charge in [-0.3, -0.25) is 4.79 Å². The molecule has 0 radical (unpaired) electrons. The van der Waals surface area contributed by atoms with E-state index in [1.807, 2.05) is 24.3 Å². The van der Waals surface area contributed by atoms with Crippen LogP contribution < -0.4 is 10.6 Å². The van der Waals surface area contributed by atoms with Gasteiger partial charge >= 0.3 is 0 Å². The molecule has 21 heavy (non-hydrogen) atoms. The number of nitrogens with zero attached hydrogens (tertiary/aromatic N) is 1. The van der Waals surface area contributed by atoms with E-state index >= 15 is 0 Å². The van der Waals surface area contributed by atoms with Gasteiger partial charge < -0.3 is 15.4 Å². The summed E-state index contributed by atoms with van der Waals surface area (Å²) in [6.45, 7) is 4.34. The normalized spacial score (nSPS) is 10.0. The second-order valence-electron chi connectivity index (χ2n) is 4.53. The van der Waals surface area contributed by atoms with Crippen molar-refractivity contribution < 1.29 is 9.53 Å². The van der Waals surface area contributed by atoms with Crippen molar-refractivity contribution in [2.75, 3.05) is 31.2 Å². The van der Waals surface area contributed by atoms with Crippen molar-refractivity contribution in [3.8, 4) is 0 Å². The van der Waals surface area contributed by atoms with Gasteiger partial charge in [-0.15, -0.1) is 12.4 Å². The van der Waals surface area contributed by atoms with Crippen molar-refractivity contribution in [3.05, 3.63) is 28.7 Å². The Hall–Kier alpha value is -0.620. The number of halogens is 2. The Bertz CT molecular complexity index is 401. The molecule has 0 atom stereocenters. The van der Waals surface area contributed by atoms with Gasteiger partial charge in [-0.25, -0.2) is 0 Å². The van der Waals surface area contributed by atoms with E-state index in [1.54, 1.807) is 4.90 Å². The number of carbonyl (C=O) groups is 1. The Labute approximate surface area is 141 Å². The number of nitrogens with two attached hydrogens (primary N) is 1. The van der Waals surface area contributed by atoms with Crippen molar-refractivity contribution in [1.82, 2.24) is 0 Å². The van der Waals surface area contributed by atoms with Gasteiger partial charge in [0.25, 0.3) is 0 Å². The number of carbonyl (C=O) groups excluding carboxylic acids is 1. The van der Waals surface area contributed by atoms with Crippen molar-refractivity contribution in [1.29, 1.82) is 0 Å². The van der Waals surface area contributed by atoms with Crippen LogP contribution in [0, 0.1) is 0 Å². The van der Waals surface area contributed by atoms with E-state index in [1.165, 1.54) is 0 Å². The smallest absolute Gasteiger partial charge is 0.228 e. The molecule has 120 valence electrons. The number of rotatable bonds is 9. The van der Waals surface area contributed by atoms with Crippen LogP contribution in [-0.2, 0) is 9.53 Å². The summed E-state index contributed by atoms with van der Waals surface area (Å²) in [5.41, 5.74) is 6.36. The first kappa shape index (κ1) is 20.4. The number of hydrogen-bond donors (Lipinski definition) is 1. The summed E-state index contributed by atoms with van der Waals surface area (Å²) < 4.78 is 6.54. The molecule has 4 nitrogen and oxygen atoms in total. The zero-order chi connectivity index (χ0) is 14.8. The standard InChI is InChI=1S/C15H23BrN2O2.ClH/c1-2-3-11-20-12-10-18(15(19)8-9-17)14-6-4-13(16)5-7-14;/h4-7H,2-3,8-12,17H2,1H3;1H. The molecule has 0 aliphatic rings. The van der Waals surface area contributed by atoms with Gasteiger partial charge in [0.2, 0.25) is 5.91 Å². The van der Waals surface area contributed by atoms with Gasteiger partial charge in [0, 0.05) is 36.3 Å². The third-order valence-corrected chi connectivity index (χ3v) is 3.43. The Kier molecular flexibility index (Phi) is 11.6. The van der Waals surface area contributed by atoms with Crippen LogP contribution in [0.5, 0.6) is 0 Å². The summed E-state index contributed by atoms with van der Waals surface area (Å²) in [6.07, 6.45) is 2.52. The van der Waals surface area contributed by atoms with Crippen LogP contribution in [-0.4, -0.2) is 32.2 Å². The molecule has 2 N–H and O–H groups in total. The Morgan fingerprint density at radius 3 is 2.52 bits per heavy atom. The van der Waals surface area contributed by atoms with E-state index in [4.69, 9.17) is 10.5 Å². The van der Waals surface area contributed by atoms with Crippen LogP contribution in [0.15, 0.2) is 28.7 Å². The minimum absolute atomic E-state index is 0. The second-order valence-corrected chi connectivity index (χ2v) is 5.44. The molecule has 0 aliphatic carbocycles. The van der Waals surface area contributed by atoms with E-state index in [0.717, 1.165) is 29.6 Å². The lowest BCUT2D eigenvalue weighted by atomic mass is 10.2. The molecule has 6 heteroatoms. The highest BCUT2D eigenvalue weighted by Gasteiger charge is 2.14. The monoisotopic (exact) mass is 378 g/mol. The van der Waals surface area contributed by atoms with Crippen molar-refractivity contribution in [2.45, 2.75) is 26.2 Å². The Balaban J connectivity index is 0.00000400. The second kappa shape index (κ2) is 12.0. The number of benzene rings is 1. The molecule has 0 heterocycles. The van der Waals surface area contributed by atoms with E-state index in [2.05, 4.69) is 22.9 Å². The lowest BCUT2D eigenvalue weighted by molar-refractivity contribution is -0.118. The molecule has 0 saturated carbocycles. The summed E-state index contributed by atoms with van der Waals surface area (Å²) in [5, 5.41) is 0. The van der Waals surface area contributed by atoms with Gasteiger partial charge in [-0.2, -0.15) is 0 Å². The fraction of sp³-hybridized carbons (Fsp3) is 0.533. The molecule has 1 amide bonds. The summed E-state index contributed by atoms with van der Waals surface area (Å²) in [7, 11) is 0. The largest absolute Gasteiger partial charge is 0.380 e. The molecule has 0 aliphatic heterocycles.